The van der Waals surface area contributed by atoms with Crippen molar-refractivity contribution in [2.45, 2.75) is 251 Å². The predicted octanol–water partition coefficient (Wildman–Crippen LogP) is -4.84. The summed E-state index contributed by atoms with van der Waals surface area (Å²) in [5.41, 5.74) is -0.242. The first-order valence-corrected chi connectivity index (χ1v) is 29.8. The monoisotopic (exact) mass is 1180 g/mol. The molecule has 7 heterocycles. The molecule has 0 aromatic rings. The van der Waals surface area contributed by atoms with Crippen LogP contribution >= 0.6 is 0 Å². The number of ether oxygens (including phenoxy) is 12. The summed E-state index contributed by atoms with van der Waals surface area (Å²) >= 11 is 0. The smallest absolute Gasteiger partial charge is 0.187 e. The summed E-state index contributed by atoms with van der Waals surface area (Å²) < 4.78 is 73.1. The molecule has 36 atom stereocenters. The molecule has 11 fully saturated rings. The molecule has 27 heteroatoms. The molecular formula is C55H90O27. The quantitative estimate of drug-likeness (QED) is 0.0769. The van der Waals surface area contributed by atoms with E-state index in [1.807, 2.05) is 0 Å². The van der Waals surface area contributed by atoms with Crippen LogP contribution in [0.3, 0.4) is 0 Å². The molecule has 0 amide bonds. The molecule has 11 rings (SSSR count). The summed E-state index contributed by atoms with van der Waals surface area (Å²) in [6.45, 7) is 6.13. The number of aliphatic hydroxyl groups excluding tert-OH is 15. The summed E-state index contributed by atoms with van der Waals surface area (Å²) in [6, 6.07) is 0. The van der Waals surface area contributed by atoms with Gasteiger partial charge in [-0.2, -0.15) is 0 Å². The second-order valence-electron chi connectivity index (χ2n) is 26.3. The Bertz CT molecular complexity index is 2130. The van der Waals surface area contributed by atoms with E-state index in [9.17, 15) is 76.6 Å². The van der Waals surface area contributed by atoms with Gasteiger partial charge in [0.15, 0.2) is 37.2 Å². The normalized spacial score (nSPS) is 57.9. The van der Waals surface area contributed by atoms with Crippen LogP contribution in [-0.2, 0) is 56.8 Å². The van der Waals surface area contributed by atoms with Crippen molar-refractivity contribution in [2.75, 3.05) is 39.6 Å². The summed E-state index contributed by atoms with van der Waals surface area (Å²) in [6.07, 6.45) is -35.5. The lowest BCUT2D eigenvalue weighted by molar-refractivity contribution is -0.408. The predicted molar refractivity (Wildman–Crippen MR) is 270 cm³/mol. The van der Waals surface area contributed by atoms with Gasteiger partial charge in [-0.15, -0.1) is 0 Å². The second-order valence-corrected chi connectivity index (χ2v) is 26.3. The largest absolute Gasteiger partial charge is 0.394 e. The fraction of sp³-hybridized carbons (Fsp3) is 1.00. The van der Waals surface area contributed by atoms with Crippen molar-refractivity contribution in [1.29, 1.82) is 0 Å². The van der Waals surface area contributed by atoms with Gasteiger partial charge >= 0.3 is 0 Å². The summed E-state index contributed by atoms with van der Waals surface area (Å²) in [5, 5.41) is 165. The van der Waals surface area contributed by atoms with E-state index in [1.54, 1.807) is 0 Å². The Morgan fingerprint density at radius 2 is 0.976 bits per heavy atom. The Labute approximate surface area is 475 Å². The molecule has 7 saturated heterocycles. The average Bonchev–Trinajstić information content (AvgIpc) is 1.71. The summed E-state index contributed by atoms with van der Waals surface area (Å²) in [5.74, 6) is 1.62. The van der Waals surface area contributed by atoms with E-state index in [2.05, 4.69) is 27.7 Å². The fourth-order valence-corrected chi connectivity index (χ4v) is 17.0. The molecule has 1 spiro atoms. The first kappa shape index (κ1) is 62.5. The summed E-state index contributed by atoms with van der Waals surface area (Å²) in [7, 11) is 0. The Morgan fingerprint density at radius 3 is 1.60 bits per heavy atom. The lowest BCUT2D eigenvalue weighted by Crippen LogP contribution is -2.69. The minimum Gasteiger partial charge on any atom is -0.394 e. The average molecular weight is 1180 g/mol. The summed E-state index contributed by atoms with van der Waals surface area (Å²) in [4.78, 5) is 0. The van der Waals surface area contributed by atoms with Gasteiger partial charge in [0.2, 0.25) is 0 Å². The Kier molecular flexibility index (Phi) is 18.6. The van der Waals surface area contributed by atoms with E-state index in [-0.39, 0.29) is 28.8 Å². The third-order valence-electron chi connectivity index (χ3n) is 21.9. The zero-order valence-electron chi connectivity index (χ0n) is 46.8. The molecule has 4 saturated carbocycles. The van der Waals surface area contributed by atoms with E-state index >= 15 is 0 Å². The highest BCUT2D eigenvalue weighted by atomic mass is 16.8. The van der Waals surface area contributed by atoms with Crippen LogP contribution in [0.15, 0.2) is 0 Å². The molecular weight excluding hydrogens is 1090 g/mol. The minimum absolute atomic E-state index is 0.0286. The Hall–Kier alpha value is -1.08. The van der Waals surface area contributed by atoms with Crippen molar-refractivity contribution in [3.05, 3.63) is 0 Å². The molecule has 0 radical (unpaired) electrons. The van der Waals surface area contributed by atoms with Crippen LogP contribution in [0.1, 0.15) is 85.5 Å². The molecule has 472 valence electrons. The molecule has 27 nitrogen and oxygen atoms in total. The number of rotatable bonds is 13. The molecule has 0 bridgehead atoms. The van der Waals surface area contributed by atoms with Gasteiger partial charge in [0.1, 0.15) is 110 Å². The van der Waals surface area contributed by atoms with Crippen molar-refractivity contribution in [3.63, 3.8) is 0 Å². The van der Waals surface area contributed by atoms with Crippen molar-refractivity contribution in [2.24, 2.45) is 52.3 Å². The van der Waals surface area contributed by atoms with Crippen molar-refractivity contribution >= 4 is 0 Å². The second kappa shape index (κ2) is 24.4. The van der Waals surface area contributed by atoms with E-state index < -0.39 is 192 Å². The first-order chi connectivity index (χ1) is 39.0. The van der Waals surface area contributed by atoms with Gasteiger partial charge in [-0.3, -0.25) is 0 Å². The number of fused-ring (bicyclic) bond motifs is 7. The lowest BCUT2D eigenvalue weighted by Gasteiger charge is -2.61. The molecule has 15 N–H and O–H groups in total. The van der Waals surface area contributed by atoms with Gasteiger partial charge in [0.25, 0.3) is 0 Å². The van der Waals surface area contributed by atoms with Crippen molar-refractivity contribution in [1.82, 2.24) is 0 Å². The zero-order valence-corrected chi connectivity index (χ0v) is 46.8. The third kappa shape index (κ3) is 10.8. The van der Waals surface area contributed by atoms with Crippen molar-refractivity contribution < 1.29 is 133 Å². The van der Waals surface area contributed by atoms with E-state index in [0.717, 1.165) is 38.5 Å². The third-order valence-corrected chi connectivity index (χ3v) is 21.9. The maximum absolute atomic E-state index is 12.2. The van der Waals surface area contributed by atoms with Gasteiger partial charge in [0, 0.05) is 17.8 Å². The topological polar surface area (TPSA) is 414 Å². The molecule has 82 heavy (non-hydrogen) atoms. The molecule has 4 aliphatic carbocycles. The van der Waals surface area contributed by atoms with Gasteiger partial charge < -0.3 is 133 Å². The van der Waals surface area contributed by atoms with Crippen LogP contribution in [0, 0.1) is 52.3 Å². The Balaban J connectivity index is 0.786. The zero-order chi connectivity index (χ0) is 58.6. The van der Waals surface area contributed by atoms with E-state index in [1.165, 1.54) is 0 Å². The maximum atomic E-state index is 12.2. The highest BCUT2D eigenvalue weighted by Gasteiger charge is 2.71. The van der Waals surface area contributed by atoms with Gasteiger partial charge in [-0.25, -0.2) is 0 Å². The van der Waals surface area contributed by atoms with E-state index in [4.69, 9.17) is 56.8 Å². The van der Waals surface area contributed by atoms with Crippen LogP contribution in [0.2, 0.25) is 0 Å². The number of hydrogen-bond donors (Lipinski definition) is 15. The van der Waals surface area contributed by atoms with Crippen molar-refractivity contribution in [3.8, 4) is 0 Å². The molecule has 0 aromatic carbocycles. The SMILES string of the molecule is C[C@@H]1CC[C@@]2(OC1)O[C@@H]1C[C@H]3[C@@H]4C[C@H](O)[C@H]5C[C@@H](O[C@@H]6O[C@H](CO)[C@H](O[C@@H]7O[C@H](CO)[C@@H](O)[C@H](O[C@@H]8OC[C@@H](O)[C@H](O)[C@H]8O)[C@H]7O[C@@H]7O[C@H](CO)[C@@H](O)[C@H](O[C@@H]8OC[C@@H](O)[C@H](O)[C@H]8O)[C@H]7O)[C@H](O)[C@H]6O)CC[C@]5(C)[C@H]4CC[C@H]3[C@]1(C)[C@@H]2C. The highest BCUT2D eigenvalue weighted by molar-refractivity contribution is 5.17. The fourth-order valence-electron chi connectivity index (χ4n) is 17.0. The Morgan fingerprint density at radius 1 is 0.439 bits per heavy atom. The van der Waals surface area contributed by atoms with Crippen LogP contribution in [-0.4, -0.2) is 282 Å². The molecule has 0 unspecified atom stereocenters. The molecule has 11 aliphatic rings. The van der Waals surface area contributed by atoms with Gasteiger partial charge in [-0.05, 0) is 92.3 Å². The molecule has 7 aliphatic heterocycles. The number of aliphatic hydroxyl groups is 15. The minimum atomic E-state index is -2.12. The first-order valence-electron chi connectivity index (χ1n) is 29.8. The number of hydrogen-bond acceptors (Lipinski definition) is 27. The van der Waals surface area contributed by atoms with Gasteiger partial charge in [-0.1, -0.05) is 27.7 Å². The van der Waals surface area contributed by atoms with Crippen LogP contribution in [0.25, 0.3) is 0 Å². The van der Waals surface area contributed by atoms with Gasteiger partial charge in [0.05, 0.1) is 58.0 Å². The van der Waals surface area contributed by atoms with Crippen LogP contribution < -0.4 is 0 Å². The molecule has 0 aromatic heterocycles. The highest BCUT2D eigenvalue weighted by Crippen LogP contribution is 2.71. The standard InChI is InChI=1S/C55H90O27/c1-20-7-10-55(73-17-20)21(2)54(4)26-6-5-25-23(24(26)13-34(54)82-55)12-28(59)27-11-22(8-9-53(25,27)3)74-50-42(69)39(66)44(33(16-58)77-50)78-52-47(46(38(65)32(15-57)76-52)80-49-41(68)36(63)30(61)19-72-49)81-51-43(70)45(37(64)31(14-56)75-51)79-48-40(67)35(62)29(60)18-71-48/h20-52,56-70H,5-19H2,1-4H3/t20-,21+,22+,23+,24+,25+,26-,27-,28+,29-,30-,31-,32-,33-,34-,35+,36+,37-,38-,39-,40-,41-,42-,43-,44+,45+,46+,47-,48+,49+,50-,51+,52+,53-,54+,55-/m1/s1. The lowest BCUT2D eigenvalue weighted by atomic mass is 9.45. The van der Waals surface area contributed by atoms with Crippen LogP contribution in [0.5, 0.6) is 0 Å². The maximum Gasteiger partial charge on any atom is 0.187 e. The van der Waals surface area contributed by atoms with E-state index in [0.29, 0.717) is 55.5 Å². The van der Waals surface area contributed by atoms with Crippen LogP contribution in [0.4, 0.5) is 0 Å².